The molecule has 2 aromatic heterocycles. The fourth-order valence-electron chi connectivity index (χ4n) is 4.04. The van der Waals surface area contributed by atoms with Gasteiger partial charge in [0, 0.05) is 31.0 Å². The Hall–Kier alpha value is -2.84. The average Bonchev–Trinajstić information content (AvgIpc) is 3.58. The smallest absolute Gasteiger partial charge is 0.217 e. The molecule has 162 valence electrons. The lowest BCUT2D eigenvalue weighted by Crippen LogP contribution is -2.36. The molecule has 1 aliphatic carbocycles. The Morgan fingerprint density at radius 2 is 1.77 bits per heavy atom. The molecule has 1 saturated carbocycles. The van der Waals surface area contributed by atoms with Gasteiger partial charge in [0.2, 0.25) is 10.0 Å². The molecule has 0 N–H and O–H groups in total. The first kappa shape index (κ1) is 20.1. The third kappa shape index (κ3) is 3.70. The van der Waals surface area contributed by atoms with Crippen LogP contribution in [0, 0.1) is 0 Å². The van der Waals surface area contributed by atoms with E-state index in [1.54, 1.807) is 18.5 Å². The van der Waals surface area contributed by atoms with E-state index in [2.05, 4.69) is 12.3 Å². The van der Waals surface area contributed by atoms with E-state index in [-0.39, 0.29) is 5.25 Å². The number of nitrogens with zero attached hydrogens (tertiary/aromatic N) is 3. The Morgan fingerprint density at radius 3 is 2.45 bits per heavy atom. The summed E-state index contributed by atoms with van der Waals surface area (Å²) in [6.45, 7) is 0.997. The lowest BCUT2D eigenvalue weighted by atomic mass is 10.0. The van der Waals surface area contributed by atoms with Crippen molar-refractivity contribution in [3.63, 3.8) is 0 Å². The maximum absolute atomic E-state index is 12.5. The second-order valence-electron chi connectivity index (χ2n) is 7.96. The van der Waals surface area contributed by atoms with E-state index >= 15 is 0 Å². The van der Waals surface area contributed by atoms with E-state index < -0.39 is 10.0 Å². The van der Waals surface area contributed by atoms with Crippen molar-refractivity contribution in [2.24, 2.45) is 0 Å². The van der Waals surface area contributed by atoms with Crippen molar-refractivity contribution in [1.29, 1.82) is 0 Å². The van der Waals surface area contributed by atoms with Crippen molar-refractivity contribution >= 4 is 21.2 Å². The summed E-state index contributed by atoms with van der Waals surface area (Å²) >= 11 is 0. The summed E-state index contributed by atoms with van der Waals surface area (Å²) in [5.74, 6) is 1.34. The van der Waals surface area contributed by atoms with Gasteiger partial charge < -0.3 is 13.9 Å². The van der Waals surface area contributed by atoms with Gasteiger partial charge in [-0.25, -0.2) is 13.4 Å². The van der Waals surface area contributed by atoms with E-state index in [9.17, 15) is 8.42 Å². The Kier molecular flexibility index (Phi) is 4.98. The van der Waals surface area contributed by atoms with Crippen molar-refractivity contribution in [3.05, 3.63) is 54.4 Å². The number of aromatic nitrogens is 2. The molecule has 0 radical (unpaired) electrons. The molecule has 0 atom stereocenters. The molecule has 0 spiro atoms. The first-order valence-corrected chi connectivity index (χ1v) is 11.9. The molecule has 1 aromatic carbocycles. The molecule has 2 aliphatic rings. The second-order valence-corrected chi connectivity index (χ2v) is 10.2. The highest BCUT2D eigenvalue weighted by Gasteiger charge is 2.40. The normalized spacial score (nSPS) is 17.5. The fourth-order valence-corrected chi connectivity index (χ4v) is 5.82. The monoisotopic (exact) mass is 439 g/mol. The topological polar surface area (TPSA) is 73.1 Å². The first-order chi connectivity index (χ1) is 15.0. The summed E-state index contributed by atoms with van der Waals surface area (Å²) in [6.07, 6.45) is 8.41. The summed E-state index contributed by atoms with van der Waals surface area (Å²) in [4.78, 5) is 4.73. The van der Waals surface area contributed by atoms with Gasteiger partial charge in [-0.05, 0) is 60.7 Å². The third-order valence-electron chi connectivity index (χ3n) is 5.98. The molecule has 1 fully saturated rings. The summed E-state index contributed by atoms with van der Waals surface area (Å²) in [5.41, 5.74) is 4.90. The number of methoxy groups -OCH3 is 2. The van der Waals surface area contributed by atoms with Crippen LogP contribution in [0.5, 0.6) is 11.5 Å². The van der Waals surface area contributed by atoms with Gasteiger partial charge in [-0.15, -0.1) is 0 Å². The van der Waals surface area contributed by atoms with Gasteiger partial charge in [0.25, 0.3) is 0 Å². The number of sulfonamides is 1. The average molecular weight is 440 g/mol. The van der Waals surface area contributed by atoms with E-state index in [1.807, 2.05) is 40.9 Å². The minimum Gasteiger partial charge on any atom is -0.493 e. The van der Waals surface area contributed by atoms with Crippen molar-refractivity contribution in [1.82, 2.24) is 13.7 Å². The Balaban J connectivity index is 1.41. The predicted octanol–water partition coefficient (Wildman–Crippen LogP) is 3.60. The minimum atomic E-state index is -3.11. The molecule has 0 bridgehead atoms. The van der Waals surface area contributed by atoms with Gasteiger partial charge in [0.15, 0.2) is 11.5 Å². The van der Waals surface area contributed by atoms with Crippen LogP contribution in [0.25, 0.3) is 22.5 Å². The van der Waals surface area contributed by atoms with Crippen molar-refractivity contribution in [3.8, 4) is 22.8 Å². The van der Waals surface area contributed by atoms with Gasteiger partial charge in [0.05, 0.1) is 25.2 Å². The Bertz CT molecular complexity index is 1280. The van der Waals surface area contributed by atoms with Crippen LogP contribution in [-0.2, 0) is 10.0 Å². The second kappa shape index (κ2) is 7.69. The summed E-state index contributed by atoms with van der Waals surface area (Å²) in [7, 11) is 0.120. The van der Waals surface area contributed by atoms with Gasteiger partial charge in [-0.1, -0.05) is 6.08 Å². The van der Waals surface area contributed by atoms with Gasteiger partial charge in [-0.2, -0.15) is 4.31 Å². The molecular formula is C23H25N3O4S. The van der Waals surface area contributed by atoms with Crippen LogP contribution in [0.1, 0.15) is 24.8 Å². The highest BCUT2D eigenvalue weighted by Crippen LogP contribution is 2.34. The van der Waals surface area contributed by atoms with Crippen molar-refractivity contribution in [2.45, 2.75) is 24.5 Å². The van der Waals surface area contributed by atoms with Crippen LogP contribution in [0.4, 0.5) is 0 Å². The standard InChI is InChI=1S/C23H25N3O4S/c1-29-21-7-3-17(13-22(21)30-2)20-15-25-14-18(4-8-23(25)24-20)16-9-11-26(12-10-16)31(27,28)19-5-6-19/h3-4,7-9,13-15,19H,5-6,10-12H2,1-2H3. The van der Waals surface area contributed by atoms with Crippen LogP contribution in [-0.4, -0.2) is 54.7 Å². The molecule has 3 aromatic rings. The molecule has 7 nitrogen and oxygen atoms in total. The molecule has 5 rings (SSSR count). The van der Waals surface area contributed by atoms with E-state index in [4.69, 9.17) is 14.5 Å². The van der Waals surface area contributed by atoms with Crippen LogP contribution in [0.3, 0.4) is 0 Å². The zero-order chi connectivity index (χ0) is 21.6. The number of rotatable bonds is 6. The lowest BCUT2D eigenvalue weighted by molar-refractivity contribution is 0.355. The maximum atomic E-state index is 12.5. The Labute approximate surface area is 182 Å². The molecule has 31 heavy (non-hydrogen) atoms. The molecular weight excluding hydrogens is 414 g/mol. The first-order valence-electron chi connectivity index (χ1n) is 10.4. The number of fused-ring (bicyclic) bond motifs is 1. The predicted molar refractivity (Wildman–Crippen MR) is 120 cm³/mol. The van der Waals surface area contributed by atoms with Gasteiger partial charge in [0.1, 0.15) is 5.65 Å². The van der Waals surface area contributed by atoms with Crippen LogP contribution in [0.15, 0.2) is 48.8 Å². The largest absolute Gasteiger partial charge is 0.493 e. The highest BCUT2D eigenvalue weighted by molar-refractivity contribution is 7.90. The van der Waals surface area contributed by atoms with Gasteiger partial charge in [-0.3, -0.25) is 0 Å². The molecule has 8 heteroatoms. The number of pyridine rings is 1. The summed E-state index contributed by atoms with van der Waals surface area (Å²) < 4.78 is 39.3. The SMILES string of the molecule is COc1ccc(-c2cn3cc(C4=CCN(S(=O)(=O)C5CC5)CC4)ccc3n2)cc1OC. The summed E-state index contributed by atoms with van der Waals surface area (Å²) in [6, 6.07) is 9.80. The molecule has 0 amide bonds. The number of hydrogen-bond acceptors (Lipinski definition) is 5. The highest BCUT2D eigenvalue weighted by atomic mass is 32.2. The van der Waals surface area contributed by atoms with Crippen molar-refractivity contribution < 1.29 is 17.9 Å². The quantitative estimate of drug-likeness (QED) is 0.587. The number of ether oxygens (including phenoxy) is 2. The molecule has 3 heterocycles. The van der Waals surface area contributed by atoms with Crippen LogP contribution in [0.2, 0.25) is 0 Å². The van der Waals surface area contributed by atoms with E-state index in [0.717, 1.165) is 35.3 Å². The lowest BCUT2D eigenvalue weighted by Gasteiger charge is -2.26. The van der Waals surface area contributed by atoms with E-state index in [0.29, 0.717) is 31.0 Å². The number of benzene rings is 1. The minimum absolute atomic E-state index is 0.153. The van der Waals surface area contributed by atoms with E-state index in [1.165, 1.54) is 5.57 Å². The Morgan fingerprint density at radius 1 is 1.00 bits per heavy atom. The zero-order valence-electron chi connectivity index (χ0n) is 17.6. The third-order valence-corrected chi connectivity index (χ3v) is 8.34. The molecule has 1 aliphatic heterocycles. The number of hydrogen-bond donors (Lipinski definition) is 0. The molecule has 0 unspecified atom stereocenters. The van der Waals surface area contributed by atoms with Crippen LogP contribution >= 0.6 is 0 Å². The zero-order valence-corrected chi connectivity index (χ0v) is 18.4. The molecule has 0 saturated heterocycles. The number of imidazole rings is 1. The van der Waals surface area contributed by atoms with Crippen LogP contribution < -0.4 is 9.47 Å². The maximum Gasteiger partial charge on any atom is 0.217 e. The van der Waals surface area contributed by atoms with Gasteiger partial charge >= 0.3 is 0 Å². The fraction of sp³-hybridized carbons (Fsp3) is 0.348. The summed E-state index contributed by atoms with van der Waals surface area (Å²) in [5, 5.41) is -0.153. The van der Waals surface area contributed by atoms with Crippen molar-refractivity contribution in [2.75, 3.05) is 27.3 Å².